The SMILES string of the molecule is Cc1n[nH]c(C)c1CCC(=O)N[C@@H](C)C(=O)O. The third kappa shape index (κ3) is 3.58. The molecule has 94 valence electrons. The minimum Gasteiger partial charge on any atom is -0.480 e. The van der Waals surface area contributed by atoms with Crippen LogP contribution < -0.4 is 5.32 Å². The van der Waals surface area contributed by atoms with Crippen molar-refractivity contribution in [2.75, 3.05) is 0 Å². The summed E-state index contributed by atoms with van der Waals surface area (Å²) in [5.74, 6) is -1.30. The number of hydrogen-bond acceptors (Lipinski definition) is 3. The Morgan fingerprint density at radius 3 is 2.59 bits per heavy atom. The van der Waals surface area contributed by atoms with Crippen molar-refractivity contribution in [3.8, 4) is 0 Å². The molecule has 0 saturated heterocycles. The molecule has 17 heavy (non-hydrogen) atoms. The Balaban J connectivity index is 2.46. The molecule has 0 bridgehead atoms. The maximum absolute atomic E-state index is 11.5. The van der Waals surface area contributed by atoms with Crippen LogP contribution in [0, 0.1) is 13.8 Å². The fourth-order valence-corrected chi connectivity index (χ4v) is 1.56. The number of carboxylic acids is 1. The fraction of sp³-hybridized carbons (Fsp3) is 0.545. The summed E-state index contributed by atoms with van der Waals surface area (Å²) in [5, 5.41) is 17.9. The highest BCUT2D eigenvalue weighted by Crippen LogP contribution is 2.11. The van der Waals surface area contributed by atoms with E-state index in [-0.39, 0.29) is 12.3 Å². The number of carbonyl (C=O) groups is 2. The van der Waals surface area contributed by atoms with E-state index in [1.807, 2.05) is 13.8 Å². The molecule has 0 aliphatic rings. The molecule has 6 heteroatoms. The standard InChI is InChI=1S/C11H17N3O3/c1-6-9(7(2)14-13-6)4-5-10(15)12-8(3)11(16)17/h8H,4-5H2,1-3H3,(H,12,15)(H,13,14)(H,16,17)/t8-/m0/s1. The molecule has 0 spiro atoms. The number of aliphatic carboxylic acids is 1. The molecule has 0 aliphatic heterocycles. The van der Waals surface area contributed by atoms with Gasteiger partial charge in [-0.3, -0.25) is 14.7 Å². The predicted molar refractivity (Wildman–Crippen MR) is 61.6 cm³/mol. The number of rotatable bonds is 5. The zero-order valence-corrected chi connectivity index (χ0v) is 10.2. The molecule has 0 saturated carbocycles. The van der Waals surface area contributed by atoms with Crippen LogP contribution in [0.5, 0.6) is 0 Å². The number of aromatic amines is 1. The maximum Gasteiger partial charge on any atom is 0.325 e. The minimum atomic E-state index is -1.03. The lowest BCUT2D eigenvalue weighted by atomic mass is 10.1. The molecular weight excluding hydrogens is 222 g/mol. The Morgan fingerprint density at radius 2 is 2.12 bits per heavy atom. The van der Waals surface area contributed by atoms with Crippen molar-refractivity contribution < 1.29 is 14.7 Å². The lowest BCUT2D eigenvalue weighted by molar-refractivity contribution is -0.141. The molecule has 0 unspecified atom stereocenters. The van der Waals surface area contributed by atoms with Gasteiger partial charge in [0.15, 0.2) is 0 Å². The lowest BCUT2D eigenvalue weighted by Gasteiger charge is -2.09. The molecule has 1 atom stereocenters. The summed E-state index contributed by atoms with van der Waals surface area (Å²) in [6, 6.07) is -0.853. The summed E-state index contributed by atoms with van der Waals surface area (Å²) in [7, 11) is 0. The second-order valence-electron chi connectivity index (χ2n) is 4.04. The molecule has 1 rings (SSSR count). The van der Waals surface area contributed by atoms with Crippen LogP contribution >= 0.6 is 0 Å². The van der Waals surface area contributed by atoms with E-state index in [0.717, 1.165) is 17.0 Å². The number of carbonyl (C=O) groups excluding carboxylic acids is 1. The number of carboxylic acid groups (broad SMARTS) is 1. The summed E-state index contributed by atoms with van der Waals surface area (Å²) in [5.41, 5.74) is 2.84. The van der Waals surface area contributed by atoms with Gasteiger partial charge in [0.1, 0.15) is 6.04 Å². The number of aromatic nitrogens is 2. The summed E-state index contributed by atoms with van der Waals surface area (Å²) >= 11 is 0. The number of amides is 1. The third-order valence-corrected chi connectivity index (χ3v) is 2.63. The maximum atomic E-state index is 11.5. The molecule has 3 N–H and O–H groups in total. The van der Waals surface area contributed by atoms with E-state index in [0.29, 0.717) is 6.42 Å². The van der Waals surface area contributed by atoms with Crippen LogP contribution in [0.3, 0.4) is 0 Å². The van der Waals surface area contributed by atoms with Crippen molar-refractivity contribution in [3.05, 3.63) is 17.0 Å². The lowest BCUT2D eigenvalue weighted by Crippen LogP contribution is -2.38. The smallest absolute Gasteiger partial charge is 0.325 e. The Kier molecular flexibility index (Phi) is 4.25. The summed E-state index contributed by atoms with van der Waals surface area (Å²) < 4.78 is 0. The number of aryl methyl sites for hydroxylation is 2. The van der Waals surface area contributed by atoms with Gasteiger partial charge in [0.25, 0.3) is 0 Å². The first kappa shape index (κ1) is 13.2. The highest BCUT2D eigenvalue weighted by atomic mass is 16.4. The van der Waals surface area contributed by atoms with Crippen molar-refractivity contribution >= 4 is 11.9 Å². The van der Waals surface area contributed by atoms with Gasteiger partial charge in [-0.05, 0) is 32.8 Å². The molecule has 1 aromatic heterocycles. The largest absolute Gasteiger partial charge is 0.480 e. The number of nitrogens with one attached hydrogen (secondary N) is 2. The summed E-state index contributed by atoms with van der Waals surface area (Å²) in [6.45, 7) is 5.21. The van der Waals surface area contributed by atoms with E-state index in [1.54, 1.807) is 0 Å². The average molecular weight is 239 g/mol. The molecule has 1 aromatic rings. The van der Waals surface area contributed by atoms with Crippen LogP contribution in [0.15, 0.2) is 0 Å². The van der Waals surface area contributed by atoms with Crippen LogP contribution in [0.25, 0.3) is 0 Å². The highest BCUT2D eigenvalue weighted by molar-refractivity contribution is 5.83. The molecule has 0 aromatic carbocycles. The van der Waals surface area contributed by atoms with Crippen LogP contribution in [0.2, 0.25) is 0 Å². The Hall–Kier alpha value is -1.85. The quantitative estimate of drug-likeness (QED) is 0.699. The minimum absolute atomic E-state index is 0.263. The van der Waals surface area contributed by atoms with Crippen molar-refractivity contribution in [2.24, 2.45) is 0 Å². The molecule has 1 heterocycles. The normalized spacial score (nSPS) is 12.2. The topological polar surface area (TPSA) is 95.1 Å². The van der Waals surface area contributed by atoms with Crippen molar-refractivity contribution in [1.82, 2.24) is 15.5 Å². The first-order valence-corrected chi connectivity index (χ1v) is 5.44. The van der Waals surface area contributed by atoms with Crippen molar-refractivity contribution in [2.45, 2.75) is 39.7 Å². The number of H-pyrrole nitrogens is 1. The van der Waals surface area contributed by atoms with Gasteiger partial charge in [-0.2, -0.15) is 5.10 Å². The van der Waals surface area contributed by atoms with E-state index in [9.17, 15) is 9.59 Å². The van der Waals surface area contributed by atoms with Gasteiger partial charge in [-0.1, -0.05) is 0 Å². The van der Waals surface area contributed by atoms with Gasteiger partial charge in [0, 0.05) is 12.1 Å². The van der Waals surface area contributed by atoms with E-state index < -0.39 is 12.0 Å². The van der Waals surface area contributed by atoms with Gasteiger partial charge >= 0.3 is 5.97 Å². The Labute approximate surface area is 99.4 Å². The fourth-order valence-electron chi connectivity index (χ4n) is 1.56. The zero-order valence-electron chi connectivity index (χ0n) is 10.2. The van der Waals surface area contributed by atoms with Crippen LogP contribution in [-0.4, -0.2) is 33.2 Å². The molecule has 0 radical (unpaired) electrons. The number of nitrogens with zero attached hydrogens (tertiary/aromatic N) is 1. The monoisotopic (exact) mass is 239 g/mol. The van der Waals surface area contributed by atoms with E-state index in [1.165, 1.54) is 6.92 Å². The van der Waals surface area contributed by atoms with Gasteiger partial charge in [-0.25, -0.2) is 0 Å². The van der Waals surface area contributed by atoms with Gasteiger partial charge in [0.05, 0.1) is 5.69 Å². The Bertz CT molecular complexity index is 406. The van der Waals surface area contributed by atoms with E-state index in [2.05, 4.69) is 15.5 Å². The van der Waals surface area contributed by atoms with Gasteiger partial charge in [-0.15, -0.1) is 0 Å². The first-order chi connectivity index (χ1) is 7.91. The van der Waals surface area contributed by atoms with Crippen molar-refractivity contribution in [1.29, 1.82) is 0 Å². The molecule has 0 fully saturated rings. The van der Waals surface area contributed by atoms with E-state index in [4.69, 9.17) is 5.11 Å². The Morgan fingerprint density at radius 1 is 1.47 bits per heavy atom. The van der Waals surface area contributed by atoms with Gasteiger partial charge < -0.3 is 10.4 Å². The van der Waals surface area contributed by atoms with Gasteiger partial charge in [0.2, 0.25) is 5.91 Å². The molecule has 1 amide bonds. The van der Waals surface area contributed by atoms with Crippen molar-refractivity contribution in [3.63, 3.8) is 0 Å². The second-order valence-corrected chi connectivity index (χ2v) is 4.04. The number of hydrogen-bond donors (Lipinski definition) is 3. The molecule has 6 nitrogen and oxygen atoms in total. The second kappa shape index (κ2) is 5.47. The molecular formula is C11H17N3O3. The first-order valence-electron chi connectivity index (χ1n) is 5.44. The third-order valence-electron chi connectivity index (χ3n) is 2.63. The van der Waals surface area contributed by atoms with Crippen LogP contribution in [0.4, 0.5) is 0 Å². The predicted octanol–water partition coefficient (Wildman–Crippen LogP) is 0.548. The average Bonchev–Trinajstić information content (AvgIpc) is 2.56. The van der Waals surface area contributed by atoms with E-state index >= 15 is 0 Å². The highest BCUT2D eigenvalue weighted by Gasteiger charge is 2.14. The zero-order chi connectivity index (χ0) is 13.0. The summed E-state index contributed by atoms with van der Waals surface area (Å²) in [6.07, 6.45) is 0.825. The van der Waals surface area contributed by atoms with Crippen LogP contribution in [-0.2, 0) is 16.0 Å². The summed E-state index contributed by atoms with van der Waals surface area (Å²) in [4.78, 5) is 22.0. The molecule has 0 aliphatic carbocycles. The van der Waals surface area contributed by atoms with Crippen LogP contribution in [0.1, 0.15) is 30.3 Å².